The van der Waals surface area contributed by atoms with E-state index in [2.05, 4.69) is 9.97 Å². The van der Waals surface area contributed by atoms with E-state index >= 15 is 0 Å². The van der Waals surface area contributed by atoms with Crippen molar-refractivity contribution in [2.24, 2.45) is 0 Å². The van der Waals surface area contributed by atoms with Crippen LogP contribution >= 0.6 is 0 Å². The number of ether oxygens (including phenoxy) is 1. The summed E-state index contributed by atoms with van der Waals surface area (Å²) in [6.45, 7) is 1.92. The highest BCUT2D eigenvalue weighted by Crippen LogP contribution is 2.38. The second-order valence-corrected chi connectivity index (χ2v) is 4.39. The first-order valence-electron chi connectivity index (χ1n) is 6.37. The fourth-order valence-electron chi connectivity index (χ4n) is 1.88. The second-order valence-electron chi connectivity index (χ2n) is 4.39. The van der Waals surface area contributed by atoms with Gasteiger partial charge in [0.25, 0.3) is 0 Å². The summed E-state index contributed by atoms with van der Waals surface area (Å²) in [4.78, 5) is 7.73. The Labute approximate surface area is 119 Å². The Bertz CT molecular complexity index is 629. The first kappa shape index (κ1) is 15.1. The fourth-order valence-corrected chi connectivity index (χ4v) is 1.88. The van der Waals surface area contributed by atoms with Crippen molar-refractivity contribution in [3.63, 3.8) is 0 Å². The lowest BCUT2D eigenvalue weighted by Gasteiger charge is -2.15. The van der Waals surface area contributed by atoms with E-state index in [0.717, 1.165) is 12.5 Å². The smallest absolute Gasteiger partial charge is 0.419 e. The van der Waals surface area contributed by atoms with E-state index in [0.29, 0.717) is 12.0 Å². The van der Waals surface area contributed by atoms with Gasteiger partial charge in [0, 0.05) is 0 Å². The average molecular weight is 297 g/mol. The van der Waals surface area contributed by atoms with Gasteiger partial charge in [-0.1, -0.05) is 25.5 Å². The topological polar surface area (TPSA) is 61.0 Å². The van der Waals surface area contributed by atoms with E-state index in [-0.39, 0.29) is 17.4 Å². The van der Waals surface area contributed by atoms with Crippen molar-refractivity contribution in [1.29, 1.82) is 0 Å². The first-order chi connectivity index (χ1) is 9.93. The molecule has 1 heterocycles. The summed E-state index contributed by atoms with van der Waals surface area (Å²) in [6.07, 6.45) is -2.06. The number of alkyl halides is 3. The minimum Gasteiger partial charge on any atom is -0.438 e. The van der Waals surface area contributed by atoms with Gasteiger partial charge in [-0.05, 0) is 18.6 Å². The Balaban J connectivity index is 2.42. The number of hydrogen-bond acceptors (Lipinski definition) is 4. The second kappa shape index (κ2) is 5.99. The maximum Gasteiger partial charge on any atom is 0.419 e. The number of nitrogens with zero attached hydrogens (tertiary/aromatic N) is 2. The summed E-state index contributed by atoms with van der Waals surface area (Å²) in [7, 11) is 0. The molecule has 0 fully saturated rings. The van der Waals surface area contributed by atoms with E-state index < -0.39 is 11.7 Å². The van der Waals surface area contributed by atoms with Crippen molar-refractivity contribution >= 4 is 5.82 Å². The molecule has 1 aromatic heterocycles. The van der Waals surface area contributed by atoms with Crippen LogP contribution in [-0.4, -0.2) is 9.97 Å². The van der Waals surface area contributed by atoms with E-state index in [1.807, 2.05) is 6.92 Å². The van der Waals surface area contributed by atoms with Gasteiger partial charge < -0.3 is 10.5 Å². The summed E-state index contributed by atoms with van der Waals surface area (Å²) in [6, 6.07) is 4.97. The minimum atomic E-state index is -4.50. The van der Waals surface area contributed by atoms with Crippen LogP contribution in [0, 0.1) is 0 Å². The zero-order chi connectivity index (χ0) is 15.5. The Kier molecular flexibility index (Phi) is 4.30. The molecule has 0 spiro atoms. The molecule has 7 heteroatoms. The van der Waals surface area contributed by atoms with Crippen LogP contribution in [0.3, 0.4) is 0 Å². The molecule has 21 heavy (non-hydrogen) atoms. The van der Waals surface area contributed by atoms with Crippen LogP contribution in [0.15, 0.2) is 30.6 Å². The highest BCUT2D eigenvalue weighted by Gasteiger charge is 2.34. The molecule has 0 saturated heterocycles. The van der Waals surface area contributed by atoms with Gasteiger partial charge in [0.1, 0.15) is 17.9 Å². The molecule has 0 unspecified atom stereocenters. The third kappa shape index (κ3) is 3.42. The molecule has 112 valence electrons. The first-order valence-corrected chi connectivity index (χ1v) is 6.37. The molecule has 0 aliphatic rings. The molecule has 0 bridgehead atoms. The molecule has 2 aromatic rings. The van der Waals surface area contributed by atoms with Gasteiger partial charge in [0.05, 0.1) is 11.1 Å². The average Bonchev–Trinajstić information content (AvgIpc) is 2.42. The maximum atomic E-state index is 12.9. The fraction of sp³-hybridized carbons (Fsp3) is 0.286. The molecule has 4 nitrogen and oxygen atoms in total. The van der Waals surface area contributed by atoms with Gasteiger partial charge in [-0.3, -0.25) is 0 Å². The van der Waals surface area contributed by atoms with Gasteiger partial charge >= 0.3 is 6.18 Å². The van der Waals surface area contributed by atoms with Crippen LogP contribution in [0.25, 0.3) is 0 Å². The van der Waals surface area contributed by atoms with Gasteiger partial charge in [-0.2, -0.15) is 13.2 Å². The number of rotatable bonds is 4. The Morgan fingerprint density at radius 1 is 1.19 bits per heavy atom. The monoisotopic (exact) mass is 297 g/mol. The SMILES string of the molecule is CCCc1c(N)ncnc1Oc1ccccc1C(F)(F)F. The molecule has 0 saturated carbocycles. The molecular weight excluding hydrogens is 283 g/mol. The van der Waals surface area contributed by atoms with Crippen LogP contribution in [0.2, 0.25) is 0 Å². The lowest BCUT2D eigenvalue weighted by Crippen LogP contribution is -2.08. The number of aromatic nitrogens is 2. The van der Waals surface area contributed by atoms with Crippen LogP contribution in [0.4, 0.5) is 19.0 Å². The maximum absolute atomic E-state index is 12.9. The van der Waals surface area contributed by atoms with Crippen molar-refractivity contribution in [2.75, 3.05) is 5.73 Å². The number of halogens is 3. The predicted molar refractivity (Wildman–Crippen MR) is 72.0 cm³/mol. The molecule has 2 N–H and O–H groups in total. The molecule has 0 aliphatic carbocycles. The van der Waals surface area contributed by atoms with Gasteiger partial charge in [0.15, 0.2) is 0 Å². The summed E-state index contributed by atoms with van der Waals surface area (Å²) in [5.41, 5.74) is 5.39. The predicted octanol–water partition coefficient (Wildman–Crippen LogP) is 3.82. The van der Waals surface area contributed by atoms with Crippen LogP contribution in [0.1, 0.15) is 24.5 Å². The summed E-state index contributed by atoms with van der Waals surface area (Å²) < 4.78 is 44.2. The highest BCUT2D eigenvalue weighted by atomic mass is 19.4. The molecule has 0 atom stereocenters. The van der Waals surface area contributed by atoms with Crippen molar-refractivity contribution in [2.45, 2.75) is 25.9 Å². The van der Waals surface area contributed by atoms with Gasteiger partial charge in [-0.25, -0.2) is 9.97 Å². The lowest BCUT2D eigenvalue weighted by atomic mass is 10.1. The largest absolute Gasteiger partial charge is 0.438 e. The molecule has 1 aromatic carbocycles. The quantitative estimate of drug-likeness (QED) is 0.931. The third-order valence-electron chi connectivity index (χ3n) is 2.84. The van der Waals surface area contributed by atoms with Crippen LogP contribution in [-0.2, 0) is 12.6 Å². The summed E-state index contributed by atoms with van der Waals surface area (Å²) >= 11 is 0. The Morgan fingerprint density at radius 2 is 1.90 bits per heavy atom. The van der Waals surface area contributed by atoms with E-state index in [9.17, 15) is 13.2 Å². The zero-order valence-electron chi connectivity index (χ0n) is 11.3. The molecule has 0 radical (unpaired) electrons. The number of hydrogen-bond donors (Lipinski definition) is 1. The molecule has 2 rings (SSSR count). The van der Waals surface area contributed by atoms with Crippen molar-refractivity contribution in [3.8, 4) is 11.6 Å². The Morgan fingerprint density at radius 3 is 2.57 bits per heavy atom. The van der Waals surface area contributed by atoms with Crippen LogP contribution in [0.5, 0.6) is 11.6 Å². The Hall–Kier alpha value is -2.31. The summed E-state index contributed by atoms with van der Waals surface area (Å²) in [5.74, 6) is -0.0344. The number of nitrogens with two attached hydrogens (primary N) is 1. The van der Waals surface area contributed by atoms with Gasteiger partial charge in [0.2, 0.25) is 5.88 Å². The number of para-hydroxylation sites is 1. The summed E-state index contributed by atoms with van der Waals surface area (Å²) in [5, 5.41) is 0. The number of nitrogen functional groups attached to an aromatic ring is 1. The number of benzene rings is 1. The molecular formula is C14H14F3N3O. The van der Waals surface area contributed by atoms with Crippen molar-refractivity contribution in [1.82, 2.24) is 9.97 Å². The van der Waals surface area contributed by atoms with E-state index in [1.165, 1.54) is 24.5 Å². The van der Waals surface area contributed by atoms with Crippen LogP contribution < -0.4 is 10.5 Å². The lowest BCUT2D eigenvalue weighted by molar-refractivity contribution is -0.138. The third-order valence-corrected chi connectivity index (χ3v) is 2.84. The van der Waals surface area contributed by atoms with Crippen molar-refractivity contribution in [3.05, 3.63) is 41.7 Å². The number of anilines is 1. The minimum absolute atomic E-state index is 0.0565. The van der Waals surface area contributed by atoms with E-state index in [1.54, 1.807) is 0 Å². The van der Waals surface area contributed by atoms with E-state index in [4.69, 9.17) is 10.5 Å². The normalized spacial score (nSPS) is 11.4. The molecule has 0 aliphatic heterocycles. The standard InChI is InChI=1S/C14H14F3N3O/c1-2-5-9-12(18)19-8-20-13(9)21-11-7-4-3-6-10(11)14(15,16)17/h3-4,6-8H,2,5H2,1H3,(H2,18,19,20). The van der Waals surface area contributed by atoms with Gasteiger partial charge in [-0.15, -0.1) is 0 Å². The van der Waals surface area contributed by atoms with Crippen molar-refractivity contribution < 1.29 is 17.9 Å². The zero-order valence-corrected chi connectivity index (χ0v) is 11.3. The highest BCUT2D eigenvalue weighted by molar-refractivity contribution is 5.47. The molecule has 0 amide bonds.